The first-order chi connectivity index (χ1) is 10.5. The van der Waals surface area contributed by atoms with Gasteiger partial charge in [0.1, 0.15) is 0 Å². The Hall–Kier alpha value is -1.06. The number of hydrogen-bond acceptors (Lipinski definition) is 2. The van der Waals surface area contributed by atoms with E-state index in [1.165, 1.54) is 0 Å². The van der Waals surface area contributed by atoms with E-state index < -0.39 is 11.9 Å². The molecule has 0 saturated heterocycles. The molecule has 0 radical (unpaired) electrons. The zero-order valence-electron chi connectivity index (χ0n) is 14.9. The fourth-order valence-electron chi connectivity index (χ4n) is 2.83. The molecule has 1 N–H and O–H groups in total. The highest BCUT2D eigenvalue weighted by molar-refractivity contribution is 6.31. The number of carboxylic acid groups (broad SMARTS) is 1. The predicted octanol–water partition coefficient (Wildman–Crippen LogP) is 4.33. The van der Waals surface area contributed by atoms with E-state index in [1.807, 2.05) is 0 Å². The van der Waals surface area contributed by atoms with E-state index in [-0.39, 0.29) is 0 Å². The van der Waals surface area contributed by atoms with Gasteiger partial charge in [-0.05, 0) is 24.7 Å². The first-order valence-electron chi connectivity index (χ1n) is 9.02. The summed E-state index contributed by atoms with van der Waals surface area (Å²) in [5, 5.41) is 9.08. The fraction of sp³-hybridized carbons (Fsp3) is 0.889. The van der Waals surface area contributed by atoms with Crippen molar-refractivity contribution in [1.82, 2.24) is 4.90 Å². The van der Waals surface area contributed by atoms with Crippen LogP contribution >= 0.6 is 0 Å². The molecular formula is C18H35NO3. The number of hydrogen-bond donors (Lipinski definition) is 1. The minimum absolute atomic E-state index is 0.409. The Labute approximate surface area is 136 Å². The zero-order valence-corrected chi connectivity index (χ0v) is 14.9. The second-order valence-electron chi connectivity index (χ2n) is 6.35. The van der Waals surface area contributed by atoms with Crippen molar-refractivity contribution in [2.75, 3.05) is 13.1 Å². The van der Waals surface area contributed by atoms with Gasteiger partial charge in [0.15, 0.2) is 0 Å². The van der Waals surface area contributed by atoms with Gasteiger partial charge in [0.25, 0.3) is 0 Å². The highest BCUT2D eigenvalue weighted by Crippen LogP contribution is 2.19. The standard InChI is InChI=1S/C18H35NO3/c1-5-9-11-15(7-3)13-19(17(20)18(21)22)14-16(8-4)12-10-6-2/h15-16H,5-14H2,1-4H3,(H,21,22). The van der Waals surface area contributed by atoms with Crippen LogP contribution in [-0.2, 0) is 9.59 Å². The van der Waals surface area contributed by atoms with E-state index >= 15 is 0 Å². The number of carbonyl (C=O) groups excluding carboxylic acids is 1. The minimum atomic E-state index is -1.32. The second kappa shape index (κ2) is 12.5. The van der Waals surface area contributed by atoms with Gasteiger partial charge >= 0.3 is 11.9 Å². The number of carbonyl (C=O) groups is 2. The lowest BCUT2D eigenvalue weighted by Crippen LogP contribution is -2.42. The third kappa shape index (κ3) is 8.40. The summed E-state index contributed by atoms with van der Waals surface area (Å²) in [5.74, 6) is -1.24. The number of nitrogens with zero attached hydrogens (tertiary/aromatic N) is 1. The SMILES string of the molecule is CCCCC(CC)CN(CC(CC)CCCC)C(=O)C(=O)O. The molecule has 0 bridgehead atoms. The third-order valence-electron chi connectivity index (χ3n) is 4.51. The molecule has 0 aliphatic rings. The van der Waals surface area contributed by atoms with Gasteiger partial charge < -0.3 is 10.0 Å². The molecule has 130 valence electrons. The minimum Gasteiger partial charge on any atom is -0.474 e. The van der Waals surface area contributed by atoms with E-state index in [0.717, 1.165) is 51.4 Å². The van der Waals surface area contributed by atoms with Crippen molar-refractivity contribution in [2.45, 2.75) is 79.1 Å². The maximum absolute atomic E-state index is 12.0. The topological polar surface area (TPSA) is 57.6 Å². The molecule has 0 aromatic carbocycles. The lowest BCUT2D eigenvalue weighted by molar-refractivity contribution is -0.156. The van der Waals surface area contributed by atoms with E-state index in [0.29, 0.717) is 24.9 Å². The molecule has 0 aromatic rings. The van der Waals surface area contributed by atoms with Gasteiger partial charge in [-0.3, -0.25) is 4.79 Å². The average molecular weight is 313 g/mol. The van der Waals surface area contributed by atoms with Crippen molar-refractivity contribution in [3.8, 4) is 0 Å². The summed E-state index contributed by atoms with van der Waals surface area (Å²) < 4.78 is 0. The summed E-state index contributed by atoms with van der Waals surface area (Å²) in [6.07, 6.45) is 8.69. The Kier molecular flexibility index (Phi) is 11.9. The molecule has 1 amide bonds. The summed E-state index contributed by atoms with van der Waals surface area (Å²) in [5.41, 5.74) is 0. The number of aliphatic carboxylic acids is 1. The molecule has 0 heterocycles. The summed E-state index contributed by atoms with van der Waals surface area (Å²) in [6, 6.07) is 0. The molecule has 0 fully saturated rings. The molecular weight excluding hydrogens is 278 g/mol. The first kappa shape index (κ1) is 20.9. The van der Waals surface area contributed by atoms with Gasteiger partial charge in [-0.25, -0.2) is 4.79 Å². The monoisotopic (exact) mass is 313 g/mol. The maximum atomic E-state index is 12.0. The summed E-state index contributed by atoms with van der Waals surface area (Å²) in [4.78, 5) is 24.7. The molecule has 0 saturated carbocycles. The van der Waals surface area contributed by atoms with Crippen molar-refractivity contribution in [3.05, 3.63) is 0 Å². The van der Waals surface area contributed by atoms with Gasteiger partial charge in [0, 0.05) is 13.1 Å². The number of amides is 1. The number of rotatable bonds is 12. The van der Waals surface area contributed by atoms with Crippen LogP contribution in [-0.4, -0.2) is 35.0 Å². The Bertz CT molecular complexity index is 299. The first-order valence-corrected chi connectivity index (χ1v) is 9.02. The van der Waals surface area contributed by atoms with Crippen LogP contribution in [0.2, 0.25) is 0 Å². The number of unbranched alkanes of at least 4 members (excludes halogenated alkanes) is 2. The fourth-order valence-corrected chi connectivity index (χ4v) is 2.83. The van der Waals surface area contributed by atoms with Gasteiger partial charge in [-0.1, -0.05) is 66.2 Å². The largest absolute Gasteiger partial charge is 0.474 e. The third-order valence-corrected chi connectivity index (χ3v) is 4.51. The zero-order chi connectivity index (χ0) is 17.0. The van der Waals surface area contributed by atoms with Crippen molar-refractivity contribution < 1.29 is 14.7 Å². The van der Waals surface area contributed by atoms with Gasteiger partial charge in [0.2, 0.25) is 0 Å². The molecule has 0 spiro atoms. The van der Waals surface area contributed by atoms with Crippen LogP contribution in [0.4, 0.5) is 0 Å². The Morgan fingerprint density at radius 2 is 1.27 bits per heavy atom. The van der Waals surface area contributed by atoms with Crippen LogP contribution in [0, 0.1) is 11.8 Å². The molecule has 4 nitrogen and oxygen atoms in total. The molecule has 2 atom stereocenters. The molecule has 4 heteroatoms. The van der Waals surface area contributed by atoms with Gasteiger partial charge in [-0.2, -0.15) is 0 Å². The van der Waals surface area contributed by atoms with Crippen LogP contribution in [0.5, 0.6) is 0 Å². The summed E-state index contributed by atoms with van der Waals surface area (Å²) in [6.45, 7) is 9.74. The molecule has 0 aliphatic heterocycles. The van der Waals surface area contributed by atoms with Crippen LogP contribution in [0.3, 0.4) is 0 Å². The van der Waals surface area contributed by atoms with Gasteiger partial charge in [-0.15, -0.1) is 0 Å². The quantitative estimate of drug-likeness (QED) is 0.545. The van der Waals surface area contributed by atoms with Crippen LogP contribution in [0.1, 0.15) is 79.1 Å². The second-order valence-corrected chi connectivity index (χ2v) is 6.35. The highest BCUT2D eigenvalue weighted by Gasteiger charge is 2.25. The smallest absolute Gasteiger partial charge is 0.394 e. The molecule has 0 aromatic heterocycles. The lowest BCUT2D eigenvalue weighted by atomic mass is 9.95. The lowest BCUT2D eigenvalue weighted by Gasteiger charge is -2.29. The average Bonchev–Trinajstić information content (AvgIpc) is 2.52. The van der Waals surface area contributed by atoms with E-state index in [2.05, 4.69) is 27.7 Å². The summed E-state index contributed by atoms with van der Waals surface area (Å²) >= 11 is 0. The highest BCUT2D eigenvalue weighted by atomic mass is 16.4. The molecule has 2 unspecified atom stereocenters. The number of carboxylic acids is 1. The molecule has 0 aliphatic carbocycles. The van der Waals surface area contributed by atoms with Crippen molar-refractivity contribution in [2.24, 2.45) is 11.8 Å². The summed E-state index contributed by atoms with van der Waals surface area (Å²) in [7, 11) is 0. The predicted molar refractivity (Wildman–Crippen MR) is 90.8 cm³/mol. The Morgan fingerprint density at radius 1 is 0.864 bits per heavy atom. The Balaban J connectivity index is 4.79. The van der Waals surface area contributed by atoms with Gasteiger partial charge in [0.05, 0.1) is 0 Å². The van der Waals surface area contributed by atoms with Crippen molar-refractivity contribution in [1.29, 1.82) is 0 Å². The van der Waals surface area contributed by atoms with Crippen molar-refractivity contribution in [3.63, 3.8) is 0 Å². The maximum Gasteiger partial charge on any atom is 0.394 e. The normalized spacial score (nSPS) is 13.6. The van der Waals surface area contributed by atoms with Crippen molar-refractivity contribution >= 4 is 11.9 Å². The van der Waals surface area contributed by atoms with E-state index in [4.69, 9.17) is 5.11 Å². The Morgan fingerprint density at radius 3 is 1.55 bits per heavy atom. The van der Waals surface area contributed by atoms with E-state index in [1.54, 1.807) is 4.90 Å². The van der Waals surface area contributed by atoms with Crippen LogP contribution < -0.4 is 0 Å². The van der Waals surface area contributed by atoms with Crippen LogP contribution in [0.15, 0.2) is 0 Å². The molecule has 0 rings (SSSR count). The van der Waals surface area contributed by atoms with E-state index in [9.17, 15) is 9.59 Å². The van der Waals surface area contributed by atoms with Crippen LogP contribution in [0.25, 0.3) is 0 Å². The molecule has 22 heavy (non-hydrogen) atoms.